The van der Waals surface area contributed by atoms with E-state index in [1.807, 2.05) is 41.3 Å². The van der Waals surface area contributed by atoms with Gasteiger partial charge < -0.3 is 15.3 Å². The number of urea groups is 1. The van der Waals surface area contributed by atoms with Crippen LogP contribution in [-0.2, 0) is 11.2 Å². The normalized spacial score (nSPS) is 16.1. The molecule has 144 valence electrons. The van der Waals surface area contributed by atoms with Gasteiger partial charge in [0.25, 0.3) is 0 Å². The molecule has 1 aromatic carbocycles. The molecule has 1 unspecified atom stereocenters. The summed E-state index contributed by atoms with van der Waals surface area (Å²) in [5.74, 6) is -0.439. The summed E-state index contributed by atoms with van der Waals surface area (Å²) in [6.07, 6.45) is 4.64. The van der Waals surface area contributed by atoms with Crippen LogP contribution in [0.3, 0.4) is 0 Å². The monoisotopic (exact) mass is 370 g/mol. The molecule has 7 heteroatoms. The van der Waals surface area contributed by atoms with Crippen molar-refractivity contribution in [2.24, 2.45) is 0 Å². The number of nitrogens with one attached hydrogen (secondary N) is 2. The number of amides is 2. The van der Waals surface area contributed by atoms with Gasteiger partial charge in [-0.1, -0.05) is 30.3 Å². The Hall–Kier alpha value is -2.83. The van der Waals surface area contributed by atoms with Gasteiger partial charge in [0.15, 0.2) is 0 Å². The SMILES string of the molecule is O=C(O)CCC(Cc1ccccc1)NC(=O)N1CCC(c2ccn[nH]2)CC1. The Morgan fingerprint density at radius 1 is 1.22 bits per heavy atom. The highest BCUT2D eigenvalue weighted by atomic mass is 16.4. The van der Waals surface area contributed by atoms with Gasteiger partial charge in [-0.25, -0.2) is 4.79 Å². The maximum Gasteiger partial charge on any atom is 0.317 e. The van der Waals surface area contributed by atoms with Crippen LogP contribution in [-0.4, -0.2) is 51.3 Å². The third kappa shape index (κ3) is 5.57. The van der Waals surface area contributed by atoms with Crippen LogP contribution < -0.4 is 5.32 Å². The van der Waals surface area contributed by atoms with Crippen LogP contribution in [0.15, 0.2) is 42.6 Å². The molecule has 1 aromatic heterocycles. The van der Waals surface area contributed by atoms with Crippen LogP contribution in [0.5, 0.6) is 0 Å². The maximum absolute atomic E-state index is 12.7. The average Bonchev–Trinajstić information content (AvgIpc) is 3.22. The van der Waals surface area contributed by atoms with Gasteiger partial charge in [-0.05, 0) is 37.3 Å². The number of likely N-dealkylation sites (tertiary alicyclic amines) is 1. The van der Waals surface area contributed by atoms with E-state index < -0.39 is 5.97 Å². The van der Waals surface area contributed by atoms with Gasteiger partial charge in [0.1, 0.15) is 0 Å². The average molecular weight is 370 g/mol. The van der Waals surface area contributed by atoms with E-state index in [-0.39, 0.29) is 18.5 Å². The van der Waals surface area contributed by atoms with Crippen molar-refractivity contribution in [1.82, 2.24) is 20.4 Å². The van der Waals surface area contributed by atoms with Crippen molar-refractivity contribution in [1.29, 1.82) is 0 Å². The van der Waals surface area contributed by atoms with Gasteiger partial charge >= 0.3 is 12.0 Å². The Kier molecular flexibility index (Phi) is 6.46. The number of carboxylic acid groups (broad SMARTS) is 1. The van der Waals surface area contributed by atoms with Gasteiger partial charge in [-0.3, -0.25) is 9.89 Å². The van der Waals surface area contributed by atoms with Gasteiger partial charge in [0.2, 0.25) is 0 Å². The number of H-pyrrole nitrogens is 1. The molecule has 0 aliphatic carbocycles. The molecular formula is C20H26N4O3. The molecule has 1 saturated heterocycles. The highest BCUT2D eigenvalue weighted by molar-refractivity contribution is 5.75. The first-order chi connectivity index (χ1) is 13.1. The first kappa shape index (κ1) is 18.9. The minimum absolute atomic E-state index is 0.0413. The molecule has 3 N–H and O–H groups in total. The number of aromatic nitrogens is 2. The summed E-state index contributed by atoms with van der Waals surface area (Å²) in [6.45, 7) is 1.37. The minimum atomic E-state index is -0.845. The lowest BCUT2D eigenvalue weighted by atomic mass is 9.94. The third-order valence-corrected chi connectivity index (χ3v) is 5.10. The van der Waals surface area contributed by atoms with E-state index in [9.17, 15) is 9.59 Å². The second-order valence-corrected chi connectivity index (χ2v) is 7.04. The quantitative estimate of drug-likeness (QED) is 0.698. The van der Waals surface area contributed by atoms with E-state index in [4.69, 9.17) is 5.11 Å². The summed E-state index contributed by atoms with van der Waals surface area (Å²) in [4.78, 5) is 25.5. The first-order valence-corrected chi connectivity index (χ1v) is 9.42. The molecule has 1 atom stereocenters. The summed E-state index contributed by atoms with van der Waals surface area (Å²) in [7, 11) is 0. The standard InChI is InChI=1S/C20H26N4O3/c25-19(26)7-6-17(14-15-4-2-1-3-5-15)22-20(27)24-12-9-16(10-13-24)18-8-11-21-23-18/h1-5,8,11,16-17H,6-7,9-10,12-14H2,(H,21,23)(H,22,27)(H,25,26). The molecular weight excluding hydrogens is 344 g/mol. The summed E-state index contributed by atoms with van der Waals surface area (Å²) >= 11 is 0. The van der Waals surface area contributed by atoms with E-state index in [1.165, 1.54) is 0 Å². The van der Waals surface area contributed by atoms with E-state index in [0.29, 0.717) is 31.8 Å². The molecule has 3 rings (SSSR count). The topological polar surface area (TPSA) is 98.3 Å². The molecule has 0 radical (unpaired) electrons. The Morgan fingerprint density at radius 2 is 1.96 bits per heavy atom. The lowest BCUT2D eigenvalue weighted by Crippen LogP contribution is -2.48. The maximum atomic E-state index is 12.7. The van der Waals surface area contributed by atoms with Gasteiger partial charge in [0.05, 0.1) is 0 Å². The van der Waals surface area contributed by atoms with Crippen molar-refractivity contribution in [3.8, 4) is 0 Å². The number of piperidine rings is 1. The predicted molar refractivity (Wildman–Crippen MR) is 101 cm³/mol. The molecule has 0 saturated carbocycles. The van der Waals surface area contributed by atoms with Crippen molar-refractivity contribution in [2.45, 2.75) is 44.1 Å². The van der Waals surface area contributed by atoms with Crippen LogP contribution in [0.25, 0.3) is 0 Å². The zero-order chi connectivity index (χ0) is 19.1. The minimum Gasteiger partial charge on any atom is -0.481 e. The van der Waals surface area contributed by atoms with Crippen LogP contribution in [0.1, 0.15) is 42.9 Å². The molecule has 2 heterocycles. The zero-order valence-corrected chi connectivity index (χ0v) is 15.3. The molecule has 2 amide bonds. The van der Waals surface area contributed by atoms with E-state index in [0.717, 1.165) is 24.1 Å². The Balaban J connectivity index is 1.54. The van der Waals surface area contributed by atoms with Crippen molar-refractivity contribution < 1.29 is 14.7 Å². The number of carboxylic acids is 1. The summed E-state index contributed by atoms with van der Waals surface area (Å²) in [6, 6.07) is 11.5. The zero-order valence-electron chi connectivity index (χ0n) is 15.3. The molecule has 2 aromatic rings. The van der Waals surface area contributed by atoms with Gasteiger partial charge in [-0.15, -0.1) is 0 Å². The number of carbonyl (C=O) groups is 2. The lowest BCUT2D eigenvalue weighted by molar-refractivity contribution is -0.137. The highest BCUT2D eigenvalue weighted by Gasteiger charge is 2.26. The molecule has 7 nitrogen and oxygen atoms in total. The fourth-order valence-corrected chi connectivity index (χ4v) is 3.58. The number of benzene rings is 1. The Bertz CT molecular complexity index is 725. The fraction of sp³-hybridized carbons (Fsp3) is 0.450. The highest BCUT2D eigenvalue weighted by Crippen LogP contribution is 2.26. The summed E-state index contributed by atoms with van der Waals surface area (Å²) in [5.41, 5.74) is 2.21. The van der Waals surface area contributed by atoms with E-state index in [2.05, 4.69) is 15.5 Å². The predicted octanol–water partition coefficient (Wildman–Crippen LogP) is 2.77. The molecule has 0 spiro atoms. The van der Waals surface area contributed by atoms with Crippen molar-refractivity contribution in [3.05, 3.63) is 53.9 Å². The Labute approximate surface area is 158 Å². The molecule has 27 heavy (non-hydrogen) atoms. The molecule has 1 aliphatic rings. The molecule has 1 fully saturated rings. The number of hydrogen-bond acceptors (Lipinski definition) is 3. The van der Waals surface area contributed by atoms with Crippen LogP contribution in [0, 0.1) is 0 Å². The fourth-order valence-electron chi connectivity index (χ4n) is 3.58. The number of rotatable bonds is 7. The lowest BCUT2D eigenvalue weighted by Gasteiger charge is -2.33. The third-order valence-electron chi connectivity index (χ3n) is 5.10. The summed E-state index contributed by atoms with van der Waals surface area (Å²) < 4.78 is 0. The summed E-state index contributed by atoms with van der Waals surface area (Å²) in [5, 5.41) is 19.1. The smallest absolute Gasteiger partial charge is 0.317 e. The number of hydrogen-bond donors (Lipinski definition) is 3. The van der Waals surface area contributed by atoms with Crippen LogP contribution >= 0.6 is 0 Å². The Morgan fingerprint density at radius 3 is 2.59 bits per heavy atom. The molecule has 0 bridgehead atoms. The molecule has 1 aliphatic heterocycles. The number of aromatic amines is 1. The van der Waals surface area contributed by atoms with Crippen LogP contribution in [0.2, 0.25) is 0 Å². The van der Waals surface area contributed by atoms with Crippen molar-refractivity contribution >= 4 is 12.0 Å². The van der Waals surface area contributed by atoms with E-state index >= 15 is 0 Å². The van der Waals surface area contributed by atoms with Crippen molar-refractivity contribution in [2.75, 3.05) is 13.1 Å². The second kappa shape index (κ2) is 9.21. The number of carbonyl (C=O) groups excluding carboxylic acids is 1. The second-order valence-electron chi connectivity index (χ2n) is 7.04. The van der Waals surface area contributed by atoms with E-state index in [1.54, 1.807) is 6.20 Å². The first-order valence-electron chi connectivity index (χ1n) is 9.42. The largest absolute Gasteiger partial charge is 0.481 e. The van der Waals surface area contributed by atoms with Gasteiger partial charge in [-0.2, -0.15) is 5.10 Å². The van der Waals surface area contributed by atoms with Crippen molar-refractivity contribution in [3.63, 3.8) is 0 Å². The van der Waals surface area contributed by atoms with Gasteiger partial charge in [0, 0.05) is 43.4 Å². The van der Waals surface area contributed by atoms with Crippen LogP contribution in [0.4, 0.5) is 4.79 Å². The number of aliphatic carboxylic acids is 1. The number of nitrogens with zero attached hydrogens (tertiary/aromatic N) is 2.